The van der Waals surface area contributed by atoms with Gasteiger partial charge in [0.05, 0.1) is 23.1 Å². The molecule has 0 radical (unpaired) electrons. The molecule has 154 valence electrons. The number of methoxy groups -OCH3 is 1. The summed E-state index contributed by atoms with van der Waals surface area (Å²) >= 11 is 0. The summed E-state index contributed by atoms with van der Waals surface area (Å²) in [5.41, 5.74) is 1.27. The maximum absolute atomic E-state index is 11.8. The van der Waals surface area contributed by atoms with E-state index in [0.29, 0.717) is 23.0 Å². The van der Waals surface area contributed by atoms with Gasteiger partial charge in [-0.1, -0.05) is 0 Å². The van der Waals surface area contributed by atoms with Gasteiger partial charge in [0, 0.05) is 37.8 Å². The normalized spacial score (nSPS) is 15.4. The van der Waals surface area contributed by atoms with Crippen LogP contribution in [0.25, 0.3) is 11.0 Å². The zero-order valence-corrected chi connectivity index (χ0v) is 17.0. The molecule has 0 unspecified atom stereocenters. The lowest BCUT2D eigenvalue weighted by Crippen LogP contribution is -2.28. The smallest absolute Gasteiger partial charge is 0.231 e. The lowest BCUT2D eigenvalue weighted by molar-refractivity contribution is 0.0904. The second kappa shape index (κ2) is 7.88. The van der Waals surface area contributed by atoms with Crippen LogP contribution in [0, 0.1) is 0 Å². The first-order valence-electron chi connectivity index (χ1n) is 9.28. The Morgan fingerprint density at radius 1 is 1.21 bits per heavy atom. The average Bonchev–Trinajstić information content (AvgIpc) is 3.17. The summed E-state index contributed by atoms with van der Waals surface area (Å²) in [5, 5.41) is 7.53. The molecule has 3 N–H and O–H groups in total. The molecule has 1 aliphatic rings. The molecule has 10 heteroatoms. The number of rotatable bonds is 6. The van der Waals surface area contributed by atoms with E-state index in [-0.39, 0.29) is 10.9 Å². The number of H-pyrrole nitrogens is 1. The Bertz CT molecular complexity index is 1120. The molecular weight excluding hydrogens is 394 g/mol. The first kappa shape index (κ1) is 19.5. The van der Waals surface area contributed by atoms with Crippen molar-refractivity contribution in [2.24, 2.45) is 0 Å². The van der Waals surface area contributed by atoms with E-state index in [2.05, 4.69) is 25.6 Å². The fourth-order valence-electron chi connectivity index (χ4n) is 3.27. The minimum absolute atomic E-state index is 0.183. The lowest BCUT2D eigenvalue weighted by Gasteiger charge is -2.24. The largest absolute Gasteiger partial charge is 0.495 e. The summed E-state index contributed by atoms with van der Waals surface area (Å²) in [7, 11) is -1.85. The molecule has 0 aliphatic carbocycles. The van der Waals surface area contributed by atoms with Crippen molar-refractivity contribution < 1.29 is 17.9 Å². The minimum Gasteiger partial charge on any atom is -0.495 e. The summed E-state index contributed by atoms with van der Waals surface area (Å²) in [4.78, 5) is 12.5. The molecule has 1 aliphatic heterocycles. The number of nitrogens with one attached hydrogen (secondary N) is 3. The molecule has 1 fully saturated rings. The molecule has 0 saturated carbocycles. The molecule has 0 bridgehead atoms. The van der Waals surface area contributed by atoms with E-state index in [1.165, 1.54) is 19.2 Å². The van der Waals surface area contributed by atoms with Gasteiger partial charge in [0.25, 0.3) is 0 Å². The number of nitrogens with zero attached hydrogens (tertiary/aromatic N) is 2. The van der Waals surface area contributed by atoms with Crippen LogP contribution in [-0.4, -0.2) is 56.0 Å². The molecule has 2 aromatic heterocycles. The number of anilines is 3. The molecule has 1 aromatic carbocycles. The number of fused-ring (bicyclic) bond motifs is 1. The third kappa shape index (κ3) is 4.28. The van der Waals surface area contributed by atoms with E-state index in [4.69, 9.17) is 9.47 Å². The summed E-state index contributed by atoms with van der Waals surface area (Å²) in [6.07, 6.45) is 4.81. The Kier molecular flexibility index (Phi) is 5.29. The molecular formula is C19H23N5O4S. The molecule has 0 spiro atoms. The third-order valence-corrected chi connectivity index (χ3v) is 5.94. The molecule has 0 atom stereocenters. The van der Waals surface area contributed by atoms with E-state index in [1.54, 1.807) is 6.07 Å². The van der Waals surface area contributed by atoms with Crippen molar-refractivity contribution in [3.63, 3.8) is 0 Å². The predicted molar refractivity (Wildman–Crippen MR) is 111 cm³/mol. The van der Waals surface area contributed by atoms with Crippen LogP contribution >= 0.6 is 0 Å². The van der Waals surface area contributed by atoms with E-state index >= 15 is 0 Å². The van der Waals surface area contributed by atoms with E-state index in [1.807, 2.05) is 12.3 Å². The van der Waals surface area contributed by atoms with Crippen LogP contribution in [0.15, 0.2) is 35.4 Å². The topological polar surface area (TPSA) is 118 Å². The van der Waals surface area contributed by atoms with Crippen LogP contribution in [0.1, 0.15) is 12.8 Å². The van der Waals surface area contributed by atoms with Gasteiger partial charge in [0.15, 0.2) is 9.84 Å². The van der Waals surface area contributed by atoms with Gasteiger partial charge in [0.1, 0.15) is 17.2 Å². The summed E-state index contributed by atoms with van der Waals surface area (Å²) in [5.74, 6) is 1.50. The Balaban J connectivity index is 1.66. The standard InChI is InChI=1S/C19H23N5O4S/c1-27-16-11-13(29(2,25)26)3-4-15(16)22-19-23-17-14(5-8-20-17)18(24-19)21-12-6-9-28-10-7-12/h3-5,8,11-12H,6-7,9-10H2,1-2H3,(H3,20,21,22,23,24). The molecule has 1 saturated heterocycles. The van der Waals surface area contributed by atoms with Gasteiger partial charge in [-0.3, -0.25) is 0 Å². The van der Waals surface area contributed by atoms with Crippen molar-refractivity contribution in [2.45, 2.75) is 23.8 Å². The Morgan fingerprint density at radius 2 is 2.00 bits per heavy atom. The van der Waals surface area contributed by atoms with Gasteiger partial charge in [0.2, 0.25) is 5.95 Å². The Morgan fingerprint density at radius 3 is 2.72 bits per heavy atom. The van der Waals surface area contributed by atoms with Crippen molar-refractivity contribution in [3.05, 3.63) is 30.5 Å². The van der Waals surface area contributed by atoms with Crippen molar-refractivity contribution in [1.82, 2.24) is 15.0 Å². The number of aromatic amines is 1. The predicted octanol–water partition coefficient (Wildman–Crippen LogP) is 2.70. The fourth-order valence-corrected chi connectivity index (χ4v) is 3.90. The minimum atomic E-state index is -3.33. The zero-order valence-electron chi connectivity index (χ0n) is 16.2. The Hall–Kier alpha value is -2.85. The first-order chi connectivity index (χ1) is 13.9. The van der Waals surface area contributed by atoms with E-state index in [0.717, 1.165) is 43.5 Å². The van der Waals surface area contributed by atoms with Gasteiger partial charge in [-0.05, 0) is 31.0 Å². The lowest BCUT2D eigenvalue weighted by atomic mass is 10.1. The number of hydrogen-bond donors (Lipinski definition) is 3. The quantitative estimate of drug-likeness (QED) is 0.560. The molecule has 29 heavy (non-hydrogen) atoms. The van der Waals surface area contributed by atoms with Gasteiger partial charge in [-0.15, -0.1) is 0 Å². The molecule has 3 aromatic rings. The highest BCUT2D eigenvalue weighted by Gasteiger charge is 2.18. The maximum atomic E-state index is 11.8. The van der Waals surface area contributed by atoms with Gasteiger partial charge >= 0.3 is 0 Å². The van der Waals surface area contributed by atoms with Crippen LogP contribution in [-0.2, 0) is 14.6 Å². The van der Waals surface area contributed by atoms with Gasteiger partial charge < -0.3 is 25.1 Å². The van der Waals surface area contributed by atoms with Crippen molar-refractivity contribution in [3.8, 4) is 5.75 Å². The van der Waals surface area contributed by atoms with Gasteiger partial charge in [-0.2, -0.15) is 9.97 Å². The highest BCUT2D eigenvalue weighted by molar-refractivity contribution is 7.90. The van der Waals surface area contributed by atoms with E-state index < -0.39 is 9.84 Å². The highest BCUT2D eigenvalue weighted by Crippen LogP contribution is 2.31. The number of aromatic nitrogens is 3. The molecule has 4 rings (SSSR count). The first-order valence-corrected chi connectivity index (χ1v) is 11.2. The second-order valence-electron chi connectivity index (χ2n) is 6.93. The summed E-state index contributed by atoms with van der Waals surface area (Å²) in [6, 6.07) is 6.86. The third-order valence-electron chi connectivity index (χ3n) is 4.83. The SMILES string of the molecule is COc1cc(S(C)(=O)=O)ccc1Nc1nc(NC2CCOCC2)c2cc[nH]c2n1. The second-order valence-corrected chi connectivity index (χ2v) is 8.94. The zero-order chi connectivity index (χ0) is 20.4. The highest BCUT2D eigenvalue weighted by atomic mass is 32.2. The maximum Gasteiger partial charge on any atom is 0.231 e. The summed E-state index contributed by atoms with van der Waals surface area (Å²) in [6.45, 7) is 1.46. The number of ether oxygens (including phenoxy) is 2. The van der Waals surface area contributed by atoms with Crippen molar-refractivity contribution in [2.75, 3.05) is 37.2 Å². The van der Waals surface area contributed by atoms with E-state index in [9.17, 15) is 8.42 Å². The number of sulfone groups is 1. The fraction of sp³-hybridized carbons (Fsp3) is 0.368. The van der Waals surface area contributed by atoms with Crippen LogP contribution in [0.5, 0.6) is 5.75 Å². The average molecular weight is 417 g/mol. The molecule has 3 heterocycles. The molecule has 9 nitrogen and oxygen atoms in total. The van der Waals surface area contributed by atoms with Crippen molar-refractivity contribution >= 4 is 38.3 Å². The number of benzene rings is 1. The van der Waals surface area contributed by atoms with Crippen LogP contribution < -0.4 is 15.4 Å². The molecule has 0 amide bonds. The Labute approximate surface area is 168 Å². The summed E-state index contributed by atoms with van der Waals surface area (Å²) < 4.78 is 34.4. The number of hydrogen-bond acceptors (Lipinski definition) is 8. The van der Waals surface area contributed by atoms with Crippen LogP contribution in [0.3, 0.4) is 0 Å². The van der Waals surface area contributed by atoms with Gasteiger partial charge in [-0.25, -0.2) is 8.42 Å². The van der Waals surface area contributed by atoms with Crippen LogP contribution in [0.4, 0.5) is 17.5 Å². The van der Waals surface area contributed by atoms with Crippen molar-refractivity contribution in [1.29, 1.82) is 0 Å². The monoisotopic (exact) mass is 417 g/mol. The van der Waals surface area contributed by atoms with Crippen LogP contribution in [0.2, 0.25) is 0 Å².